The molecule has 10 heteroatoms. The number of hydrogen-bond donors (Lipinski definition) is 1. The molecule has 9 nitrogen and oxygen atoms in total. The number of anilines is 1. The fourth-order valence-corrected chi connectivity index (χ4v) is 4.23. The normalized spacial score (nSPS) is 13.1. The van der Waals surface area contributed by atoms with Crippen molar-refractivity contribution in [2.75, 3.05) is 32.6 Å². The van der Waals surface area contributed by atoms with Crippen molar-refractivity contribution in [3.63, 3.8) is 0 Å². The van der Waals surface area contributed by atoms with Gasteiger partial charge in [-0.25, -0.2) is 18.9 Å². The van der Waals surface area contributed by atoms with Crippen LogP contribution < -0.4 is 19.5 Å². The van der Waals surface area contributed by atoms with Gasteiger partial charge in [0.05, 0.1) is 19.7 Å². The first kappa shape index (κ1) is 24.8. The molecular formula is C28H25FN4O5. The lowest BCUT2D eigenvalue weighted by Crippen LogP contribution is -2.38. The van der Waals surface area contributed by atoms with Crippen LogP contribution in [0.2, 0.25) is 0 Å². The summed E-state index contributed by atoms with van der Waals surface area (Å²) in [4.78, 5) is 32.5. The summed E-state index contributed by atoms with van der Waals surface area (Å²) in [5, 5.41) is 3.20. The largest absolute Gasteiger partial charge is 0.493 e. The van der Waals surface area contributed by atoms with Gasteiger partial charge >= 0.3 is 12.1 Å². The van der Waals surface area contributed by atoms with Crippen molar-refractivity contribution in [3.05, 3.63) is 84.3 Å². The van der Waals surface area contributed by atoms with Crippen LogP contribution in [0.4, 0.5) is 19.7 Å². The third-order valence-electron chi connectivity index (χ3n) is 6.17. The molecule has 4 aromatic rings. The number of nitrogens with one attached hydrogen (secondary N) is 1. The number of amides is 4. The van der Waals surface area contributed by atoms with Gasteiger partial charge in [-0.05, 0) is 29.8 Å². The number of carbonyl (C=O) groups excluding carboxylic acids is 2. The lowest BCUT2D eigenvalue weighted by molar-refractivity contribution is 0.189. The van der Waals surface area contributed by atoms with Crippen molar-refractivity contribution in [1.82, 2.24) is 14.8 Å². The Labute approximate surface area is 218 Å². The molecule has 0 unspecified atom stereocenters. The van der Waals surface area contributed by atoms with E-state index in [0.717, 1.165) is 16.5 Å². The molecule has 194 valence electrons. The highest BCUT2D eigenvalue weighted by atomic mass is 19.1. The van der Waals surface area contributed by atoms with Crippen molar-refractivity contribution in [3.8, 4) is 23.0 Å². The number of urea groups is 2. The van der Waals surface area contributed by atoms with Crippen LogP contribution >= 0.6 is 0 Å². The molecule has 1 N–H and O–H groups in total. The van der Waals surface area contributed by atoms with Crippen LogP contribution in [0.1, 0.15) is 5.56 Å². The highest BCUT2D eigenvalue weighted by Crippen LogP contribution is 2.37. The Morgan fingerprint density at radius 2 is 1.71 bits per heavy atom. The number of imide groups is 1. The quantitative estimate of drug-likeness (QED) is 0.341. The van der Waals surface area contributed by atoms with Gasteiger partial charge in [0.15, 0.2) is 23.1 Å². The minimum absolute atomic E-state index is 0.0448. The summed E-state index contributed by atoms with van der Waals surface area (Å²) >= 11 is 0. The Balaban J connectivity index is 1.28. The number of halogens is 1. The van der Waals surface area contributed by atoms with Gasteiger partial charge in [-0.3, -0.25) is 4.98 Å². The highest BCUT2D eigenvalue weighted by molar-refractivity contribution is 6.01. The molecule has 4 amide bonds. The average molecular weight is 517 g/mol. The van der Waals surface area contributed by atoms with Crippen LogP contribution in [0.5, 0.6) is 23.0 Å². The Kier molecular flexibility index (Phi) is 6.94. The molecule has 1 aromatic heterocycles. The van der Waals surface area contributed by atoms with E-state index in [-0.39, 0.29) is 18.0 Å². The zero-order valence-electron chi connectivity index (χ0n) is 20.8. The summed E-state index contributed by atoms with van der Waals surface area (Å²) in [5.74, 6) is 0.627. The first-order chi connectivity index (χ1) is 18.5. The van der Waals surface area contributed by atoms with Crippen LogP contribution in [0, 0.1) is 5.82 Å². The van der Waals surface area contributed by atoms with Gasteiger partial charge in [-0.15, -0.1) is 0 Å². The van der Waals surface area contributed by atoms with E-state index in [2.05, 4.69) is 10.3 Å². The van der Waals surface area contributed by atoms with E-state index in [4.69, 9.17) is 14.2 Å². The van der Waals surface area contributed by atoms with Crippen LogP contribution in [0.15, 0.2) is 72.9 Å². The van der Waals surface area contributed by atoms with E-state index in [9.17, 15) is 14.0 Å². The monoisotopic (exact) mass is 516 g/mol. The molecule has 1 fully saturated rings. The van der Waals surface area contributed by atoms with Gasteiger partial charge in [-0.2, -0.15) is 0 Å². The predicted octanol–water partition coefficient (Wildman–Crippen LogP) is 5.65. The Bertz CT molecular complexity index is 1500. The zero-order chi connectivity index (χ0) is 26.6. The molecule has 1 saturated heterocycles. The number of fused-ring (bicyclic) bond motifs is 1. The average Bonchev–Trinajstić information content (AvgIpc) is 3.29. The first-order valence-electron chi connectivity index (χ1n) is 11.9. The summed E-state index contributed by atoms with van der Waals surface area (Å²) in [7, 11) is 3.05. The molecule has 5 rings (SSSR count). The van der Waals surface area contributed by atoms with Crippen LogP contribution in [-0.4, -0.2) is 54.2 Å². The van der Waals surface area contributed by atoms with E-state index in [1.807, 2.05) is 30.3 Å². The molecule has 1 aliphatic heterocycles. The second-order valence-electron chi connectivity index (χ2n) is 8.55. The number of benzene rings is 3. The number of methoxy groups -OCH3 is 2. The number of aromatic nitrogens is 1. The number of ether oxygens (including phenoxy) is 3. The van der Waals surface area contributed by atoms with Gasteiger partial charge < -0.3 is 24.4 Å². The number of carbonyl (C=O) groups is 2. The van der Waals surface area contributed by atoms with Gasteiger partial charge in [-0.1, -0.05) is 30.3 Å². The minimum Gasteiger partial charge on any atom is -0.493 e. The molecule has 1 aliphatic rings. The van der Waals surface area contributed by atoms with Crippen molar-refractivity contribution in [2.24, 2.45) is 0 Å². The van der Waals surface area contributed by atoms with E-state index in [0.29, 0.717) is 41.2 Å². The van der Waals surface area contributed by atoms with Crippen molar-refractivity contribution in [1.29, 1.82) is 0 Å². The molecule has 3 aromatic carbocycles. The fourth-order valence-electron chi connectivity index (χ4n) is 4.23. The van der Waals surface area contributed by atoms with E-state index >= 15 is 0 Å². The minimum atomic E-state index is -0.688. The third kappa shape index (κ3) is 5.01. The van der Waals surface area contributed by atoms with E-state index in [1.165, 1.54) is 26.4 Å². The van der Waals surface area contributed by atoms with Gasteiger partial charge in [0.2, 0.25) is 0 Å². The van der Waals surface area contributed by atoms with Crippen LogP contribution in [0.25, 0.3) is 10.9 Å². The molecule has 0 saturated carbocycles. The maximum atomic E-state index is 15.0. The second kappa shape index (κ2) is 10.6. The zero-order valence-corrected chi connectivity index (χ0v) is 20.8. The Morgan fingerprint density at radius 3 is 2.45 bits per heavy atom. The molecule has 0 atom stereocenters. The summed E-state index contributed by atoms with van der Waals surface area (Å²) in [5.41, 5.74) is 1.75. The molecule has 0 aliphatic carbocycles. The van der Waals surface area contributed by atoms with Gasteiger partial charge in [0.1, 0.15) is 5.75 Å². The first-order valence-corrected chi connectivity index (χ1v) is 11.9. The maximum absolute atomic E-state index is 15.0. The molecule has 2 heterocycles. The predicted molar refractivity (Wildman–Crippen MR) is 139 cm³/mol. The number of pyridine rings is 1. The van der Waals surface area contributed by atoms with Gasteiger partial charge in [0.25, 0.3) is 0 Å². The van der Waals surface area contributed by atoms with Crippen LogP contribution in [0.3, 0.4) is 0 Å². The lowest BCUT2D eigenvalue weighted by atomic mass is 10.2. The molecule has 0 radical (unpaired) electrons. The highest BCUT2D eigenvalue weighted by Gasteiger charge is 2.33. The molecule has 0 bridgehead atoms. The Hall–Kier alpha value is -4.86. The standard InChI is InChI=1S/C28H25FN4O5/c1-36-25-15-20-22(16-26(25)37-2)30-11-10-23(20)38-24-9-8-19(14-21(24)29)31-27(34)33-13-12-32(28(33)35)17-18-6-4-3-5-7-18/h3-11,14-16H,12-13,17H2,1-2H3,(H,31,34). The molecular weight excluding hydrogens is 491 g/mol. The van der Waals surface area contributed by atoms with E-state index < -0.39 is 17.9 Å². The fraction of sp³-hybridized carbons (Fsp3) is 0.179. The summed E-state index contributed by atoms with van der Waals surface area (Å²) in [6, 6.07) is 17.6. The summed E-state index contributed by atoms with van der Waals surface area (Å²) in [6.45, 7) is 1.07. The van der Waals surface area contributed by atoms with Crippen LogP contribution in [-0.2, 0) is 6.54 Å². The number of rotatable bonds is 7. The SMILES string of the molecule is COc1cc2nccc(Oc3ccc(NC(=O)N4CCN(Cc5ccccc5)C4=O)cc3F)c2cc1OC. The van der Waals surface area contributed by atoms with Crippen molar-refractivity contribution < 1.29 is 28.2 Å². The van der Waals surface area contributed by atoms with Gasteiger partial charge in [0, 0.05) is 49.0 Å². The van der Waals surface area contributed by atoms with Crippen molar-refractivity contribution >= 4 is 28.7 Å². The van der Waals surface area contributed by atoms with E-state index in [1.54, 1.807) is 29.3 Å². The number of nitrogens with zero attached hydrogens (tertiary/aromatic N) is 3. The number of hydrogen-bond acceptors (Lipinski definition) is 6. The summed E-state index contributed by atoms with van der Waals surface area (Å²) < 4.78 is 31.5. The summed E-state index contributed by atoms with van der Waals surface area (Å²) in [6.07, 6.45) is 1.55. The molecule has 38 heavy (non-hydrogen) atoms. The smallest absolute Gasteiger partial charge is 0.330 e. The second-order valence-corrected chi connectivity index (χ2v) is 8.55. The third-order valence-corrected chi connectivity index (χ3v) is 6.17. The Morgan fingerprint density at radius 1 is 0.947 bits per heavy atom. The lowest BCUT2D eigenvalue weighted by Gasteiger charge is -2.18. The maximum Gasteiger partial charge on any atom is 0.330 e. The van der Waals surface area contributed by atoms with Crippen molar-refractivity contribution in [2.45, 2.75) is 6.54 Å². The molecule has 0 spiro atoms. The topological polar surface area (TPSA) is 93.2 Å².